The molecule has 0 radical (unpaired) electrons. The monoisotopic (exact) mass is 715 g/mol. The Morgan fingerprint density at radius 3 is 1.75 bits per heavy atom. The number of aromatic amines is 2. The number of amides is 4. The van der Waals surface area contributed by atoms with Crippen molar-refractivity contribution in [3.8, 4) is 23.1 Å². The van der Waals surface area contributed by atoms with Crippen LogP contribution in [0.4, 0.5) is 9.59 Å². The van der Waals surface area contributed by atoms with E-state index in [1.54, 1.807) is 28.4 Å². The summed E-state index contributed by atoms with van der Waals surface area (Å²) in [5.41, 5.74) is 2.71. The predicted molar refractivity (Wildman–Crippen MR) is 191 cm³/mol. The van der Waals surface area contributed by atoms with Crippen molar-refractivity contribution in [2.75, 3.05) is 27.3 Å². The van der Waals surface area contributed by atoms with Crippen molar-refractivity contribution < 1.29 is 28.7 Å². The van der Waals surface area contributed by atoms with Crippen LogP contribution in [0.3, 0.4) is 0 Å². The molecule has 0 unspecified atom stereocenters. The molecule has 2 fully saturated rings. The van der Waals surface area contributed by atoms with Gasteiger partial charge in [0.2, 0.25) is 11.8 Å². The summed E-state index contributed by atoms with van der Waals surface area (Å²) in [5.74, 6) is 7.38. The maximum atomic E-state index is 13.6. The number of ether oxygens (including phenoxy) is 2. The maximum absolute atomic E-state index is 13.6. The molecule has 0 saturated carbocycles. The average Bonchev–Trinajstić information content (AvgIpc) is 3.94. The Bertz CT molecular complexity index is 1810. The number of nitrogens with one attached hydrogen (secondary N) is 4. The number of nitrogens with zero attached hydrogens (tertiary/aromatic N) is 5. The second-order valence-electron chi connectivity index (χ2n) is 14.5. The third-order valence-electron chi connectivity index (χ3n) is 9.59. The Kier molecular flexibility index (Phi) is 11.9. The minimum atomic E-state index is -0.721. The zero-order valence-electron chi connectivity index (χ0n) is 31.0. The highest BCUT2D eigenvalue weighted by molar-refractivity contribution is 5.87. The molecule has 15 heteroatoms. The number of alkyl carbamates (subject to hydrolysis) is 2. The fraction of sp³-hybridized carbons (Fsp3) is 0.541. The van der Waals surface area contributed by atoms with Gasteiger partial charge in [0.25, 0.3) is 0 Å². The van der Waals surface area contributed by atoms with Crippen LogP contribution < -0.4 is 10.6 Å². The number of imidazole rings is 2. The first kappa shape index (κ1) is 37.9. The highest BCUT2D eigenvalue weighted by Crippen LogP contribution is 2.36. The van der Waals surface area contributed by atoms with Gasteiger partial charge in [-0.25, -0.2) is 24.5 Å². The maximum Gasteiger partial charge on any atom is 0.407 e. The van der Waals surface area contributed by atoms with E-state index >= 15 is 0 Å². The Hall–Kier alpha value is -5.39. The molecule has 3 aromatic rings. The number of hydrogen-bond donors (Lipinski definition) is 4. The normalized spacial score (nSPS) is 21.0. The van der Waals surface area contributed by atoms with Crippen LogP contribution in [0, 0.1) is 35.5 Å². The molecule has 2 aliphatic heterocycles. The fourth-order valence-electron chi connectivity index (χ4n) is 6.83. The third-order valence-corrected chi connectivity index (χ3v) is 9.59. The molecule has 278 valence electrons. The molecular weight excluding hydrogens is 666 g/mol. The Morgan fingerprint density at radius 1 is 0.750 bits per heavy atom. The third kappa shape index (κ3) is 8.55. The number of carbonyl (C=O) groups excluding carboxylic acids is 4. The number of methoxy groups -OCH3 is 2. The number of rotatable bonds is 9. The van der Waals surface area contributed by atoms with Gasteiger partial charge in [0, 0.05) is 24.8 Å². The summed E-state index contributed by atoms with van der Waals surface area (Å²) in [7, 11) is 2.55. The number of aromatic nitrogens is 5. The van der Waals surface area contributed by atoms with Crippen LogP contribution in [0.2, 0.25) is 0 Å². The number of H-pyrrole nitrogens is 2. The second kappa shape index (κ2) is 16.3. The Morgan fingerprint density at radius 2 is 1.27 bits per heavy atom. The van der Waals surface area contributed by atoms with Crippen molar-refractivity contribution in [2.45, 2.75) is 78.6 Å². The van der Waals surface area contributed by atoms with E-state index in [-0.39, 0.29) is 47.6 Å². The lowest BCUT2D eigenvalue weighted by atomic mass is 10.0. The summed E-state index contributed by atoms with van der Waals surface area (Å²) in [6, 6.07) is 1.74. The smallest absolute Gasteiger partial charge is 0.407 e. The highest BCUT2D eigenvalue weighted by atomic mass is 16.5. The molecule has 0 bridgehead atoms. The molecule has 5 heterocycles. The SMILES string of the molecule is COC(=O)N[C@H](C(=O)N1C[C@@H](C)C[C@H]1c1ncc(C#Cc2ccc(-c3cnc([C@@H]4C[C@H](C)CN4C(=O)[C@@H](NC(=O)OC)C(C)C)[nH]3)cn2)[nH]1)C(C)C. The zero-order chi connectivity index (χ0) is 37.7. The molecule has 4 N–H and O–H groups in total. The van der Waals surface area contributed by atoms with Crippen LogP contribution in [0.15, 0.2) is 30.7 Å². The van der Waals surface area contributed by atoms with E-state index in [0.29, 0.717) is 36.1 Å². The summed E-state index contributed by atoms with van der Waals surface area (Å²) >= 11 is 0. The molecule has 4 amide bonds. The lowest BCUT2D eigenvalue weighted by Crippen LogP contribution is -2.51. The quantitative estimate of drug-likeness (QED) is 0.236. The van der Waals surface area contributed by atoms with Crippen molar-refractivity contribution in [3.63, 3.8) is 0 Å². The van der Waals surface area contributed by atoms with Crippen molar-refractivity contribution in [2.24, 2.45) is 23.7 Å². The molecule has 2 aliphatic rings. The number of carbonyl (C=O) groups is 4. The van der Waals surface area contributed by atoms with Crippen LogP contribution in [0.1, 0.15) is 89.5 Å². The van der Waals surface area contributed by atoms with Crippen LogP contribution >= 0.6 is 0 Å². The van der Waals surface area contributed by atoms with E-state index in [4.69, 9.17) is 9.47 Å². The van der Waals surface area contributed by atoms with Gasteiger partial charge in [0.1, 0.15) is 35.1 Å². The molecule has 3 aromatic heterocycles. The number of pyridine rings is 1. The summed E-state index contributed by atoms with van der Waals surface area (Å²) in [5, 5.41) is 5.36. The van der Waals surface area contributed by atoms with E-state index in [2.05, 4.69) is 61.2 Å². The molecular formula is C37H49N9O6. The van der Waals surface area contributed by atoms with Gasteiger partial charge < -0.3 is 39.9 Å². The van der Waals surface area contributed by atoms with Crippen LogP contribution in [0.25, 0.3) is 11.3 Å². The standard InChI is InChI=1S/C37H49N9O6/c1-20(2)30(43-36(49)51-7)34(47)45-18-22(5)13-28(45)32-39-16-26(41-32)12-11-25-10-9-24(15-38-25)27-17-40-33(42-27)29-14-23(6)19-46(29)35(48)31(21(3)4)44-37(50)52-8/h9-10,15-17,20-23,28-31H,13-14,18-19H2,1-8H3,(H,39,41)(H,40,42)(H,43,49)(H,44,50)/t22-,23-,28-,29-,30-,31-/m0/s1. The van der Waals surface area contributed by atoms with Gasteiger partial charge in [-0.15, -0.1) is 0 Å². The predicted octanol–water partition coefficient (Wildman–Crippen LogP) is 4.17. The molecule has 5 rings (SSSR count). The van der Waals surface area contributed by atoms with Gasteiger partial charge in [-0.2, -0.15) is 0 Å². The summed E-state index contributed by atoms with van der Waals surface area (Å²) in [4.78, 5) is 75.0. The van der Waals surface area contributed by atoms with E-state index in [9.17, 15) is 19.2 Å². The second-order valence-corrected chi connectivity index (χ2v) is 14.5. The highest BCUT2D eigenvalue weighted by Gasteiger charge is 2.41. The molecule has 15 nitrogen and oxygen atoms in total. The zero-order valence-corrected chi connectivity index (χ0v) is 31.0. The lowest BCUT2D eigenvalue weighted by Gasteiger charge is -2.30. The van der Waals surface area contributed by atoms with E-state index in [1.807, 2.05) is 39.8 Å². The molecule has 6 atom stereocenters. The van der Waals surface area contributed by atoms with E-state index in [0.717, 1.165) is 24.1 Å². The van der Waals surface area contributed by atoms with Crippen LogP contribution in [-0.4, -0.2) is 98.1 Å². The minimum absolute atomic E-state index is 0.128. The van der Waals surface area contributed by atoms with Crippen molar-refractivity contribution >= 4 is 24.0 Å². The Labute approximate surface area is 304 Å². The Balaban J connectivity index is 1.26. The van der Waals surface area contributed by atoms with Gasteiger partial charge in [-0.05, 0) is 60.5 Å². The van der Waals surface area contributed by atoms with Crippen LogP contribution in [-0.2, 0) is 19.1 Å². The van der Waals surface area contributed by atoms with Gasteiger partial charge >= 0.3 is 12.2 Å². The minimum Gasteiger partial charge on any atom is -0.453 e. The van der Waals surface area contributed by atoms with E-state index in [1.165, 1.54) is 14.2 Å². The summed E-state index contributed by atoms with van der Waals surface area (Å²) < 4.78 is 9.49. The largest absolute Gasteiger partial charge is 0.453 e. The van der Waals surface area contributed by atoms with E-state index < -0.39 is 24.3 Å². The summed E-state index contributed by atoms with van der Waals surface area (Å²) in [6.07, 6.45) is 5.27. The molecule has 0 aromatic carbocycles. The summed E-state index contributed by atoms with van der Waals surface area (Å²) in [6.45, 7) is 12.8. The first-order valence-electron chi connectivity index (χ1n) is 17.7. The molecule has 2 saturated heterocycles. The van der Waals surface area contributed by atoms with Gasteiger partial charge in [0.05, 0.1) is 44.4 Å². The first-order chi connectivity index (χ1) is 24.8. The van der Waals surface area contributed by atoms with Gasteiger partial charge in [-0.1, -0.05) is 41.5 Å². The van der Waals surface area contributed by atoms with Crippen molar-refractivity contribution in [1.29, 1.82) is 0 Å². The van der Waals surface area contributed by atoms with Gasteiger partial charge in [0.15, 0.2) is 0 Å². The number of hydrogen-bond acceptors (Lipinski definition) is 9. The molecule has 0 aliphatic carbocycles. The van der Waals surface area contributed by atoms with Crippen molar-refractivity contribution in [3.05, 3.63) is 53.8 Å². The van der Waals surface area contributed by atoms with Crippen LogP contribution in [0.5, 0.6) is 0 Å². The van der Waals surface area contributed by atoms with Gasteiger partial charge in [-0.3, -0.25) is 9.59 Å². The fourth-order valence-corrected chi connectivity index (χ4v) is 6.83. The molecule has 0 spiro atoms. The topological polar surface area (TPSA) is 188 Å². The van der Waals surface area contributed by atoms with Crippen molar-refractivity contribution in [1.82, 2.24) is 45.4 Å². The average molecular weight is 716 g/mol. The first-order valence-corrected chi connectivity index (χ1v) is 17.7. The molecule has 52 heavy (non-hydrogen) atoms. The lowest BCUT2D eigenvalue weighted by molar-refractivity contribution is -0.136. The number of likely N-dealkylation sites (tertiary alicyclic amines) is 2.